The van der Waals surface area contributed by atoms with Crippen LogP contribution < -0.4 is 5.32 Å². The number of nitrogens with one attached hydrogen (secondary N) is 1. The normalized spacial score (nSPS) is 17.4. The van der Waals surface area contributed by atoms with Crippen molar-refractivity contribution in [3.05, 3.63) is 66.0 Å². The number of hydrogen-bond acceptors (Lipinski definition) is 5. The Hall–Kier alpha value is -3.49. The van der Waals surface area contributed by atoms with E-state index >= 15 is 0 Å². The maximum absolute atomic E-state index is 13.6. The molecule has 1 aliphatic rings. The summed E-state index contributed by atoms with van der Waals surface area (Å²) in [7, 11) is 0. The maximum Gasteiger partial charge on any atom is 0.408 e. The average Bonchev–Trinajstić information content (AvgIpc) is 3.27. The lowest BCUT2D eigenvalue weighted by Gasteiger charge is -2.35. The monoisotopic (exact) mass is 467 g/mol. The predicted octanol–water partition coefficient (Wildman–Crippen LogP) is 3.71. The fourth-order valence-corrected chi connectivity index (χ4v) is 4.33. The topological polar surface area (TPSA) is 88.8 Å². The lowest BCUT2D eigenvalue weighted by molar-refractivity contribution is -0.134. The molecule has 9 heteroatoms. The lowest BCUT2D eigenvalue weighted by atomic mass is 9.93. The summed E-state index contributed by atoms with van der Waals surface area (Å²) in [5.41, 5.74) is 1.11. The van der Waals surface area contributed by atoms with E-state index in [4.69, 9.17) is 4.74 Å². The van der Waals surface area contributed by atoms with Crippen LogP contribution in [0.2, 0.25) is 0 Å². The van der Waals surface area contributed by atoms with Crippen molar-refractivity contribution in [2.24, 2.45) is 0 Å². The number of halogens is 1. The molecule has 8 nitrogen and oxygen atoms in total. The highest BCUT2D eigenvalue weighted by Crippen LogP contribution is 2.27. The van der Waals surface area contributed by atoms with Crippen molar-refractivity contribution in [3.8, 4) is 0 Å². The van der Waals surface area contributed by atoms with Gasteiger partial charge in [-0.3, -0.25) is 9.20 Å². The van der Waals surface area contributed by atoms with Gasteiger partial charge in [0, 0.05) is 49.7 Å². The minimum absolute atomic E-state index is 0.116. The molecule has 1 N–H and O–H groups in total. The summed E-state index contributed by atoms with van der Waals surface area (Å²) >= 11 is 0. The molecule has 0 bridgehead atoms. The van der Waals surface area contributed by atoms with Crippen molar-refractivity contribution in [3.63, 3.8) is 0 Å². The molecule has 1 aliphatic heterocycles. The molecule has 0 aliphatic carbocycles. The van der Waals surface area contributed by atoms with Gasteiger partial charge < -0.3 is 15.0 Å². The smallest absolute Gasteiger partial charge is 0.408 e. The van der Waals surface area contributed by atoms with Crippen molar-refractivity contribution < 1.29 is 18.7 Å². The van der Waals surface area contributed by atoms with Gasteiger partial charge in [0.1, 0.15) is 17.5 Å². The molecule has 3 heterocycles. The summed E-state index contributed by atoms with van der Waals surface area (Å²) in [6.07, 6.45) is 6.67. The van der Waals surface area contributed by atoms with Gasteiger partial charge in [-0.2, -0.15) is 0 Å². The minimum atomic E-state index is -0.829. The van der Waals surface area contributed by atoms with E-state index in [2.05, 4.69) is 15.3 Å². The van der Waals surface area contributed by atoms with Gasteiger partial charge in [0.05, 0.1) is 0 Å². The van der Waals surface area contributed by atoms with Crippen LogP contribution in [0.15, 0.2) is 48.9 Å². The molecule has 34 heavy (non-hydrogen) atoms. The number of carbonyl (C=O) groups is 2. The highest BCUT2D eigenvalue weighted by Gasteiger charge is 2.32. The number of carbonyl (C=O) groups excluding carboxylic acids is 2. The molecule has 0 saturated carbocycles. The van der Waals surface area contributed by atoms with Gasteiger partial charge in [-0.15, -0.1) is 0 Å². The first kappa shape index (κ1) is 23.7. The van der Waals surface area contributed by atoms with E-state index in [1.54, 1.807) is 50.2 Å². The van der Waals surface area contributed by atoms with Gasteiger partial charge in [0.25, 0.3) is 0 Å². The first-order valence-electron chi connectivity index (χ1n) is 11.5. The molecule has 180 valence electrons. The van der Waals surface area contributed by atoms with Crippen molar-refractivity contribution in [1.29, 1.82) is 0 Å². The van der Waals surface area contributed by atoms with E-state index < -0.39 is 17.7 Å². The number of benzene rings is 1. The first-order chi connectivity index (χ1) is 16.2. The summed E-state index contributed by atoms with van der Waals surface area (Å²) < 4.78 is 20.7. The van der Waals surface area contributed by atoms with Gasteiger partial charge >= 0.3 is 6.09 Å². The van der Waals surface area contributed by atoms with Crippen molar-refractivity contribution >= 4 is 17.8 Å². The number of likely N-dealkylation sites (tertiary alicyclic amines) is 1. The second-order valence-corrected chi connectivity index (χ2v) is 9.62. The fourth-order valence-electron chi connectivity index (χ4n) is 4.33. The standard InChI is InChI=1S/C25H30FN5O3/c1-25(2,3)34-24(33)29-20(15-17-6-8-19(26)9-7-17)22(32)30-13-4-5-18(16-30)21-10-11-27-23-28-12-14-31(21)23/h6-12,14,18,20H,4-5,13,15-16H2,1-3H3,(H,29,33)/t18-,20+/m1/s1. The molecular formula is C25H30FN5O3. The SMILES string of the molecule is CC(C)(C)OC(=O)N[C@@H](Cc1ccc(F)cc1)C(=O)N1CCC[C@@H](c2ccnc3nccn23)C1. The largest absolute Gasteiger partial charge is 0.444 e. The van der Waals surface area contributed by atoms with E-state index in [9.17, 15) is 14.0 Å². The van der Waals surface area contributed by atoms with E-state index in [1.165, 1.54) is 12.1 Å². The number of amides is 2. The molecule has 1 aromatic carbocycles. The summed E-state index contributed by atoms with van der Waals surface area (Å²) in [6.45, 7) is 6.42. The molecule has 4 rings (SSSR count). The Morgan fingerprint density at radius 3 is 2.65 bits per heavy atom. The Balaban J connectivity index is 1.53. The molecule has 0 unspecified atom stereocenters. The third-order valence-corrected chi connectivity index (χ3v) is 5.83. The first-order valence-corrected chi connectivity index (χ1v) is 11.5. The van der Waals surface area contributed by atoms with Crippen LogP contribution in [0.1, 0.15) is 50.8 Å². The molecule has 1 saturated heterocycles. The van der Waals surface area contributed by atoms with Crippen LogP contribution in [0.25, 0.3) is 5.78 Å². The number of nitrogens with zero attached hydrogens (tertiary/aromatic N) is 4. The summed E-state index contributed by atoms with van der Waals surface area (Å²) in [5, 5.41) is 2.74. The van der Waals surface area contributed by atoms with Crippen molar-refractivity contribution in [1.82, 2.24) is 24.6 Å². The number of fused-ring (bicyclic) bond motifs is 1. The summed E-state index contributed by atoms with van der Waals surface area (Å²) in [4.78, 5) is 36.5. The Morgan fingerprint density at radius 1 is 1.18 bits per heavy atom. The van der Waals surface area contributed by atoms with Gasteiger partial charge in [-0.25, -0.2) is 19.2 Å². The Kier molecular flexibility index (Phi) is 6.81. The Morgan fingerprint density at radius 2 is 1.91 bits per heavy atom. The Bertz CT molecular complexity index is 1160. The van der Waals surface area contributed by atoms with Crippen LogP contribution in [-0.4, -0.2) is 56.0 Å². The number of rotatable bonds is 5. The fraction of sp³-hybridized carbons (Fsp3) is 0.440. The zero-order valence-corrected chi connectivity index (χ0v) is 19.7. The van der Waals surface area contributed by atoms with E-state index in [0.717, 1.165) is 24.1 Å². The Labute approximate surface area is 198 Å². The maximum atomic E-state index is 13.6. The molecule has 2 aromatic heterocycles. The van der Waals surface area contributed by atoms with Gasteiger partial charge in [0.2, 0.25) is 11.7 Å². The van der Waals surface area contributed by atoms with Crippen molar-refractivity contribution in [2.45, 2.75) is 57.6 Å². The quantitative estimate of drug-likeness (QED) is 0.618. The van der Waals surface area contributed by atoms with Gasteiger partial charge in [-0.1, -0.05) is 12.1 Å². The molecule has 0 radical (unpaired) electrons. The molecule has 2 amide bonds. The van der Waals surface area contributed by atoms with Crippen molar-refractivity contribution in [2.75, 3.05) is 13.1 Å². The number of imidazole rings is 1. The van der Waals surface area contributed by atoms with Crippen LogP contribution in [-0.2, 0) is 16.0 Å². The zero-order chi connectivity index (χ0) is 24.3. The predicted molar refractivity (Wildman–Crippen MR) is 125 cm³/mol. The summed E-state index contributed by atoms with van der Waals surface area (Å²) in [5.74, 6) is 0.205. The third-order valence-electron chi connectivity index (χ3n) is 5.83. The second-order valence-electron chi connectivity index (χ2n) is 9.62. The lowest BCUT2D eigenvalue weighted by Crippen LogP contribution is -2.52. The zero-order valence-electron chi connectivity index (χ0n) is 19.7. The molecule has 1 fully saturated rings. The van der Waals surface area contributed by atoms with Gasteiger partial charge in [-0.05, 0) is 57.4 Å². The van der Waals surface area contributed by atoms with E-state index in [-0.39, 0.29) is 24.1 Å². The number of aromatic nitrogens is 3. The molecule has 2 atom stereocenters. The number of ether oxygens (including phenoxy) is 1. The summed E-state index contributed by atoms with van der Waals surface area (Å²) in [6, 6.07) is 7.07. The molecule has 3 aromatic rings. The minimum Gasteiger partial charge on any atom is -0.444 e. The number of alkyl carbamates (subject to hydrolysis) is 1. The average molecular weight is 468 g/mol. The second kappa shape index (κ2) is 9.79. The highest BCUT2D eigenvalue weighted by molar-refractivity contribution is 5.86. The highest BCUT2D eigenvalue weighted by atomic mass is 19.1. The number of piperidine rings is 1. The van der Waals surface area contributed by atoms with E-state index in [0.29, 0.717) is 18.9 Å². The molecular weight excluding hydrogens is 437 g/mol. The van der Waals surface area contributed by atoms with Crippen LogP contribution in [0.4, 0.5) is 9.18 Å². The van der Waals surface area contributed by atoms with Crippen LogP contribution in [0.5, 0.6) is 0 Å². The number of hydrogen-bond donors (Lipinski definition) is 1. The van der Waals surface area contributed by atoms with Crippen LogP contribution in [0.3, 0.4) is 0 Å². The van der Waals surface area contributed by atoms with E-state index in [1.807, 2.05) is 16.7 Å². The van der Waals surface area contributed by atoms with Crippen LogP contribution in [0, 0.1) is 5.82 Å². The third kappa shape index (κ3) is 5.70. The molecule has 0 spiro atoms. The van der Waals surface area contributed by atoms with Crippen LogP contribution >= 0.6 is 0 Å². The van der Waals surface area contributed by atoms with Gasteiger partial charge in [0.15, 0.2) is 0 Å².